The smallest absolute Gasteiger partial charge is 0.352 e. The molecule has 0 saturated carbocycles. The summed E-state index contributed by atoms with van der Waals surface area (Å²) in [6.07, 6.45) is 0.244. The van der Waals surface area contributed by atoms with E-state index in [1.54, 1.807) is 19.1 Å². The Hall–Kier alpha value is -3.43. The van der Waals surface area contributed by atoms with Crippen molar-refractivity contribution in [1.29, 1.82) is 0 Å². The van der Waals surface area contributed by atoms with Crippen molar-refractivity contribution in [2.75, 3.05) is 5.75 Å². The molecule has 0 spiro atoms. The number of carbonyl (C=O) groups excluding carboxylic acids is 2. The number of thioether (sulfide) groups is 2. The predicted molar refractivity (Wildman–Crippen MR) is 133 cm³/mol. The molecule has 13 nitrogen and oxygen atoms in total. The first kappa shape index (κ1) is 26.6. The molecule has 3 heterocycles. The van der Waals surface area contributed by atoms with Crippen molar-refractivity contribution in [2.45, 2.75) is 48.1 Å². The van der Waals surface area contributed by atoms with E-state index in [2.05, 4.69) is 25.9 Å². The molecule has 1 saturated heterocycles. The molecule has 0 radical (unpaired) electrons. The lowest BCUT2D eigenvalue weighted by Gasteiger charge is -2.50. The summed E-state index contributed by atoms with van der Waals surface area (Å²) in [6, 6.07) is 6.33. The first-order valence-corrected chi connectivity index (χ1v) is 13.3. The van der Waals surface area contributed by atoms with Gasteiger partial charge in [0.2, 0.25) is 11.1 Å². The van der Waals surface area contributed by atoms with Crippen LogP contribution in [0.25, 0.3) is 0 Å². The zero-order valence-electron chi connectivity index (χ0n) is 19.7. The standard InChI is InChI=1S/C22H25N7O6S2/c1-2-12(20(32)33)17(37-22-25-27-28-26-22)13-9-36-19-15(18(31)29(19)16(13)21(34)35)24-14(30)7-10-5-3-4-6-11(10)8-23/h3-6,12,15,17,19H,2,7-9,23H2,1H3,(H,24,30)(H,32,33)(H,34,35)(H,25,26,27,28)/t12?,15?,17?,19-/m1/s1. The van der Waals surface area contributed by atoms with Gasteiger partial charge in [-0.15, -0.1) is 22.0 Å². The Morgan fingerprint density at radius 1 is 1.30 bits per heavy atom. The number of hydrogen-bond acceptors (Lipinski definition) is 10. The van der Waals surface area contributed by atoms with Gasteiger partial charge in [0, 0.05) is 12.3 Å². The van der Waals surface area contributed by atoms with Crippen LogP contribution in [-0.2, 0) is 32.1 Å². The van der Waals surface area contributed by atoms with Gasteiger partial charge in [-0.1, -0.05) is 43.0 Å². The molecule has 2 aliphatic rings. The molecule has 2 aromatic rings. The minimum absolute atomic E-state index is 0.0294. The van der Waals surface area contributed by atoms with Crippen LogP contribution in [0.4, 0.5) is 0 Å². The van der Waals surface area contributed by atoms with Gasteiger partial charge in [0.25, 0.3) is 5.91 Å². The fourth-order valence-electron chi connectivity index (χ4n) is 4.42. The normalized spacial score (nSPS) is 20.6. The second-order valence-corrected chi connectivity index (χ2v) is 10.6. The van der Waals surface area contributed by atoms with Crippen LogP contribution in [0.2, 0.25) is 0 Å². The third-order valence-corrected chi connectivity index (χ3v) is 8.78. The molecular formula is C22H25N7O6S2. The molecule has 1 aromatic heterocycles. The summed E-state index contributed by atoms with van der Waals surface area (Å²) in [4.78, 5) is 51.3. The van der Waals surface area contributed by atoms with Gasteiger partial charge >= 0.3 is 11.9 Å². The van der Waals surface area contributed by atoms with Crippen LogP contribution in [0, 0.1) is 5.92 Å². The van der Waals surface area contributed by atoms with Crippen LogP contribution in [0.5, 0.6) is 0 Å². The maximum Gasteiger partial charge on any atom is 0.352 e. The van der Waals surface area contributed by atoms with E-state index in [-0.39, 0.29) is 47.5 Å². The molecule has 1 fully saturated rings. The molecule has 1 aromatic carbocycles. The molecule has 0 aliphatic carbocycles. The third-order valence-electron chi connectivity index (χ3n) is 6.23. The van der Waals surface area contributed by atoms with Gasteiger partial charge < -0.3 is 21.3 Å². The molecule has 6 N–H and O–H groups in total. The number of rotatable bonds is 11. The number of aliphatic carboxylic acids is 2. The summed E-state index contributed by atoms with van der Waals surface area (Å²) in [5.41, 5.74) is 7.32. The van der Waals surface area contributed by atoms with Gasteiger partial charge in [0.05, 0.1) is 17.6 Å². The number of tetrazole rings is 1. The summed E-state index contributed by atoms with van der Waals surface area (Å²) in [7, 11) is 0. The van der Waals surface area contributed by atoms with E-state index in [0.717, 1.165) is 27.8 Å². The highest BCUT2D eigenvalue weighted by atomic mass is 32.2. The van der Waals surface area contributed by atoms with E-state index >= 15 is 0 Å². The lowest BCUT2D eigenvalue weighted by Crippen LogP contribution is -2.71. The van der Waals surface area contributed by atoms with Crippen LogP contribution in [0.3, 0.4) is 0 Å². The Bertz CT molecular complexity index is 1240. The van der Waals surface area contributed by atoms with Crippen molar-refractivity contribution in [3.8, 4) is 0 Å². The predicted octanol–water partition coefficient (Wildman–Crippen LogP) is 0.211. The highest BCUT2D eigenvalue weighted by molar-refractivity contribution is 8.01. The minimum Gasteiger partial charge on any atom is -0.481 e. The number of H-pyrrole nitrogens is 1. The number of nitrogens with zero attached hydrogens (tertiary/aromatic N) is 4. The highest BCUT2D eigenvalue weighted by Gasteiger charge is 2.55. The van der Waals surface area contributed by atoms with Gasteiger partial charge in [-0.25, -0.2) is 4.79 Å². The molecule has 0 bridgehead atoms. The van der Waals surface area contributed by atoms with Crippen molar-refractivity contribution in [3.63, 3.8) is 0 Å². The molecule has 37 heavy (non-hydrogen) atoms. The molecule has 4 atom stereocenters. The second-order valence-electron chi connectivity index (χ2n) is 8.37. The number of nitrogens with one attached hydrogen (secondary N) is 2. The number of carboxylic acids is 2. The Balaban J connectivity index is 1.58. The van der Waals surface area contributed by atoms with Gasteiger partial charge in [0.1, 0.15) is 17.1 Å². The zero-order chi connectivity index (χ0) is 26.7. The number of benzene rings is 1. The number of aromatic nitrogens is 4. The Morgan fingerprint density at radius 3 is 2.62 bits per heavy atom. The van der Waals surface area contributed by atoms with Crippen LogP contribution >= 0.6 is 23.5 Å². The molecule has 3 unspecified atom stereocenters. The van der Waals surface area contributed by atoms with Crippen LogP contribution in [0.1, 0.15) is 24.5 Å². The number of β-lactam (4-membered cyclic amide) rings is 1. The summed E-state index contributed by atoms with van der Waals surface area (Å²) in [6.45, 7) is 1.96. The van der Waals surface area contributed by atoms with Gasteiger partial charge in [-0.2, -0.15) is 5.21 Å². The molecular weight excluding hydrogens is 522 g/mol. The third kappa shape index (κ3) is 5.33. The van der Waals surface area contributed by atoms with Crippen molar-refractivity contribution < 1.29 is 29.4 Å². The van der Waals surface area contributed by atoms with Crippen molar-refractivity contribution in [3.05, 3.63) is 46.7 Å². The molecule has 196 valence electrons. The van der Waals surface area contributed by atoms with E-state index in [1.807, 2.05) is 12.1 Å². The van der Waals surface area contributed by atoms with Crippen LogP contribution in [0.15, 0.2) is 40.7 Å². The highest BCUT2D eigenvalue weighted by Crippen LogP contribution is 2.45. The number of carboxylic acid groups (broad SMARTS) is 2. The van der Waals surface area contributed by atoms with E-state index in [4.69, 9.17) is 5.73 Å². The Morgan fingerprint density at radius 2 is 2.03 bits per heavy atom. The number of aromatic amines is 1. The number of amides is 2. The summed E-state index contributed by atoms with van der Waals surface area (Å²) < 4.78 is 0. The van der Waals surface area contributed by atoms with Crippen molar-refractivity contribution >= 4 is 47.3 Å². The average Bonchev–Trinajstić information content (AvgIpc) is 3.39. The second kappa shape index (κ2) is 11.3. The maximum absolute atomic E-state index is 13.1. The fraction of sp³-hybridized carbons (Fsp3) is 0.409. The van der Waals surface area contributed by atoms with Gasteiger partial charge in [-0.3, -0.25) is 19.3 Å². The SMILES string of the molecule is CCC(C(=O)O)C(Sc1nn[nH]n1)C1=C(C(=O)O)N2C(=O)C(NC(=O)Cc3ccccc3CN)[C@H]2SC1. The van der Waals surface area contributed by atoms with Crippen LogP contribution < -0.4 is 11.1 Å². The summed E-state index contributed by atoms with van der Waals surface area (Å²) >= 11 is 2.25. The number of hydrogen-bond donors (Lipinski definition) is 5. The van der Waals surface area contributed by atoms with E-state index in [9.17, 15) is 29.4 Å². The van der Waals surface area contributed by atoms with E-state index < -0.39 is 40.4 Å². The molecule has 2 amide bonds. The number of nitrogens with two attached hydrogens (primary N) is 1. The van der Waals surface area contributed by atoms with Crippen molar-refractivity contribution in [2.24, 2.45) is 11.7 Å². The maximum atomic E-state index is 13.1. The lowest BCUT2D eigenvalue weighted by molar-refractivity contribution is -0.150. The first-order valence-electron chi connectivity index (χ1n) is 11.4. The summed E-state index contributed by atoms with van der Waals surface area (Å²) in [5.74, 6) is -4.22. The number of fused-ring (bicyclic) bond motifs is 1. The largest absolute Gasteiger partial charge is 0.481 e. The van der Waals surface area contributed by atoms with Gasteiger partial charge in [-0.05, 0) is 28.3 Å². The summed E-state index contributed by atoms with van der Waals surface area (Å²) in [5, 5.41) is 34.8. The monoisotopic (exact) mass is 547 g/mol. The van der Waals surface area contributed by atoms with E-state index in [0.29, 0.717) is 0 Å². The van der Waals surface area contributed by atoms with Crippen LogP contribution in [-0.4, -0.2) is 81.9 Å². The lowest BCUT2D eigenvalue weighted by atomic mass is 9.93. The molecule has 2 aliphatic heterocycles. The average molecular weight is 548 g/mol. The first-order chi connectivity index (χ1) is 17.8. The Kier molecular flexibility index (Phi) is 8.14. The number of carbonyl (C=O) groups is 4. The Labute approximate surface area is 219 Å². The van der Waals surface area contributed by atoms with Gasteiger partial charge in [0.15, 0.2) is 0 Å². The molecule has 15 heteroatoms. The fourth-order valence-corrected chi connectivity index (χ4v) is 7.14. The topological polar surface area (TPSA) is 204 Å². The quantitative estimate of drug-likeness (QED) is 0.189. The molecule has 4 rings (SSSR count). The van der Waals surface area contributed by atoms with E-state index in [1.165, 1.54) is 11.8 Å². The van der Waals surface area contributed by atoms with Crippen molar-refractivity contribution in [1.82, 2.24) is 30.8 Å². The zero-order valence-corrected chi connectivity index (χ0v) is 21.3. The minimum atomic E-state index is -1.35.